The minimum Gasteiger partial charge on any atom is -0.465 e. The molecule has 1 aliphatic heterocycles. The molecule has 23 heavy (non-hydrogen) atoms. The largest absolute Gasteiger partial charge is 0.465 e. The average molecular weight is 338 g/mol. The average Bonchev–Trinajstić information content (AvgIpc) is 3.20. The summed E-state index contributed by atoms with van der Waals surface area (Å²) in [5.74, 6) is 2.37. The molecule has 1 unspecified atom stereocenters. The van der Waals surface area contributed by atoms with E-state index in [1.807, 2.05) is 36.9 Å². The number of nitrogens with one attached hydrogen (secondary N) is 1. The number of imidazole rings is 1. The summed E-state index contributed by atoms with van der Waals surface area (Å²) in [6, 6.07) is 3.52. The fourth-order valence-electron chi connectivity index (χ4n) is 2.96. The van der Waals surface area contributed by atoms with Crippen LogP contribution >= 0.6 is 0 Å². The number of furan rings is 1. The Hall–Kier alpha value is -1.64. The van der Waals surface area contributed by atoms with E-state index in [1.165, 1.54) is 4.31 Å². The third-order valence-electron chi connectivity index (χ3n) is 4.16. The maximum atomic E-state index is 12.6. The standard InChI is InChI=1S/C15H22N4O3S/c1-12-5-6-14(22-12)13-4-3-10-19(13)23(20,21)17-8-7-15-16-9-11-18(15)2/h5-6,9,11,13,17H,3-4,7-8,10H2,1-2H3. The van der Waals surface area contributed by atoms with Gasteiger partial charge in [-0.05, 0) is 31.9 Å². The summed E-state index contributed by atoms with van der Waals surface area (Å²) in [6.07, 6.45) is 5.73. The van der Waals surface area contributed by atoms with Gasteiger partial charge >= 0.3 is 0 Å². The molecule has 0 radical (unpaired) electrons. The highest BCUT2D eigenvalue weighted by molar-refractivity contribution is 7.87. The number of nitrogens with zero attached hydrogens (tertiary/aromatic N) is 3. The van der Waals surface area contributed by atoms with E-state index in [9.17, 15) is 8.42 Å². The van der Waals surface area contributed by atoms with E-state index in [-0.39, 0.29) is 6.04 Å². The van der Waals surface area contributed by atoms with Gasteiger partial charge in [0.2, 0.25) is 0 Å². The van der Waals surface area contributed by atoms with Gasteiger partial charge in [-0.25, -0.2) is 9.71 Å². The van der Waals surface area contributed by atoms with Gasteiger partial charge in [-0.2, -0.15) is 12.7 Å². The van der Waals surface area contributed by atoms with E-state index < -0.39 is 10.2 Å². The summed E-state index contributed by atoms with van der Waals surface area (Å²) in [5, 5.41) is 0. The topological polar surface area (TPSA) is 80.4 Å². The van der Waals surface area contributed by atoms with Crippen LogP contribution in [-0.4, -0.2) is 35.4 Å². The van der Waals surface area contributed by atoms with Crippen molar-refractivity contribution in [2.24, 2.45) is 7.05 Å². The quantitative estimate of drug-likeness (QED) is 0.866. The van der Waals surface area contributed by atoms with E-state index in [0.29, 0.717) is 19.5 Å². The lowest BCUT2D eigenvalue weighted by Gasteiger charge is -2.22. The summed E-state index contributed by atoms with van der Waals surface area (Å²) in [7, 11) is -1.63. The van der Waals surface area contributed by atoms with Gasteiger partial charge in [-0.1, -0.05) is 0 Å². The van der Waals surface area contributed by atoms with Crippen molar-refractivity contribution in [2.75, 3.05) is 13.1 Å². The molecule has 0 amide bonds. The summed E-state index contributed by atoms with van der Waals surface area (Å²) >= 11 is 0. The van der Waals surface area contributed by atoms with E-state index in [1.54, 1.807) is 6.20 Å². The molecule has 0 bridgehead atoms. The molecule has 2 aromatic heterocycles. The van der Waals surface area contributed by atoms with Gasteiger partial charge in [0, 0.05) is 39.0 Å². The Bertz CT molecular complexity index is 765. The SMILES string of the molecule is Cc1ccc(C2CCCN2S(=O)(=O)NCCc2nccn2C)o1. The van der Waals surface area contributed by atoms with Gasteiger partial charge in [0.25, 0.3) is 10.2 Å². The van der Waals surface area contributed by atoms with Crippen molar-refractivity contribution < 1.29 is 12.8 Å². The monoisotopic (exact) mass is 338 g/mol. The second kappa shape index (κ2) is 6.46. The van der Waals surface area contributed by atoms with Crippen LogP contribution < -0.4 is 4.72 Å². The molecule has 1 N–H and O–H groups in total. The zero-order valence-corrected chi connectivity index (χ0v) is 14.2. The zero-order valence-electron chi connectivity index (χ0n) is 13.4. The van der Waals surface area contributed by atoms with E-state index >= 15 is 0 Å². The number of rotatable bonds is 6. The number of aryl methyl sites for hydroxylation is 2. The summed E-state index contributed by atoms with van der Waals surface area (Å²) in [5.41, 5.74) is 0. The Labute approximate surface area is 136 Å². The molecule has 0 spiro atoms. The van der Waals surface area contributed by atoms with Crippen molar-refractivity contribution in [3.8, 4) is 0 Å². The Morgan fingerprint density at radius 1 is 1.43 bits per heavy atom. The van der Waals surface area contributed by atoms with E-state index in [2.05, 4.69) is 9.71 Å². The van der Waals surface area contributed by atoms with Gasteiger partial charge in [0.15, 0.2) is 0 Å². The number of hydrogen-bond donors (Lipinski definition) is 1. The third-order valence-corrected chi connectivity index (χ3v) is 5.78. The third kappa shape index (κ3) is 3.49. The highest BCUT2D eigenvalue weighted by Gasteiger charge is 2.36. The van der Waals surface area contributed by atoms with Crippen molar-refractivity contribution in [3.05, 3.63) is 41.9 Å². The first-order chi connectivity index (χ1) is 11.0. The van der Waals surface area contributed by atoms with Gasteiger partial charge in [-0.3, -0.25) is 0 Å². The molecule has 7 nitrogen and oxygen atoms in total. The summed E-state index contributed by atoms with van der Waals surface area (Å²) < 4.78 is 36.9. The lowest BCUT2D eigenvalue weighted by molar-refractivity contribution is 0.330. The lowest BCUT2D eigenvalue weighted by atomic mass is 10.2. The number of aromatic nitrogens is 2. The van der Waals surface area contributed by atoms with Crippen LogP contribution in [0.5, 0.6) is 0 Å². The van der Waals surface area contributed by atoms with Gasteiger partial charge in [0.1, 0.15) is 17.3 Å². The molecule has 0 saturated carbocycles. The molecule has 1 fully saturated rings. The minimum absolute atomic E-state index is 0.214. The molecular weight excluding hydrogens is 316 g/mol. The fourth-order valence-corrected chi connectivity index (χ4v) is 4.40. The molecular formula is C15H22N4O3S. The summed E-state index contributed by atoms with van der Waals surface area (Å²) in [6.45, 7) is 2.71. The first-order valence-electron chi connectivity index (χ1n) is 7.76. The molecule has 3 rings (SSSR count). The predicted octanol–water partition coefficient (Wildman–Crippen LogP) is 1.54. The molecule has 1 aliphatic rings. The Balaban J connectivity index is 1.65. The van der Waals surface area contributed by atoms with Crippen LogP contribution in [0, 0.1) is 6.92 Å². The predicted molar refractivity (Wildman–Crippen MR) is 86.0 cm³/mol. The Morgan fingerprint density at radius 2 is 2.26 bits per heavy atom. The van der Waals surface area contributed by atoms with Crippen LogP contribution in [0.2, 0.25) is 0 Å². The van der Waals surface area contributed by atoms with Crippen molar-refractivity contribution >= 4 is 10.2 Å². The van der Waals surface area contributed by atoms with Crippen molar-refractivity contribution in [3.63, 3.8) is 0 Å². The van der Waals surface area contributed by atoms with Gasteiger partial charge in [0.05, 0.1) is 6.04 Å². The van der Waals surface area contributed by atoms with Crippen LogP contribution in [0.1, 0.15) is 36.2 Å². The second-order valence-electron chi connectivity index (χ2n) is 5.82. The molecule has 0 aliphatic carbocycles. The maximum Gasteiger partial charge on any atom is 0.280 e. The van der Waals surface area contributed by atoms with E-state index in [4.69, 9.17) is 4.42 Å². The van der Waals surface area contributed by atoms with Gasteiger partial charge < -0.3 is 8.98 Å². The first-order valence-corrected chi connectivity index (χ1v) is 9.20. The first kappa shape index (κ1) is 16.2. The molecule has 8 heteroatoms. The maximum absolute atomic E-state index is 12.6. The molecule has 126 valence electrons. The summed E-state index contributed by atoms with van der Waals surface area (Å²) in [4.78, 5) is 4.20. The lowest BCUT2D eigenvalue weighted by Crippen LogP contribution is -2.41. The Kier molecular flexibility index (Phi) is 4.56. The molecule has 0 aromatic carbocycles. The second-order valence-corrected chi connectivity index (χ2v) is 7.53. The normalized spacial score (nSPS) is 19.5. The van der Waals surface area contributed by atoms with Crippen LogP contribution in [0.15, 0.2) is 28.9 Å². The van der Waals surface area contributed by atoms with Crippen LogP contribution in [0.25, 0.3) is 0 Å². The Morgan fingerprint density at radius 3 is 2.91 bits per heavy atom. The zero-order chi connectivity index (χ0) is 16.4. The van der Waals surface area contributed by atoms with Crippen LogP contribution in [0.3, 0.4) is 0 Å². The molecule has 2 aromatic rings. The highest BCUT2D eigenvalue weighted by Crippen LogP contribution is 2.34. The molecule has 3 heterocycles. The van der Waals surface area contributed by atoms with Crippen molar-refractivity contribution in [2.45, 2.75) is 32.2 Å². The highest BCUT2D eigenvalue weighted by atomic mass is 32.2. The van der Waals surface area contributed by atoms with Gasteiger partial charge in [-0.15, -0.1) is 0 Å². The van der Waals surface area contributed by atoms with E-state index in [0.717, 1.165) is 30.2 Å². The van der Waals surface area contributed by atoms with Crippen molar-refractivity contribution in [1.29, 1.82) is 0 Å². The smallest absolute Gasteiger partial charge is 0.280 e. The van der Waals surface area contributed by atoms with Crippen molar-refractivity contribution in [1.82, 2.24) is 18.6 Å². The molecule has 1 saturated heterocycles. The fraction of sp³-hybridized carbons (Fsp3) is 0.533. The minimum atomic E-state index is -3.53. The van der Waals surface area contributed by atoms with Crippen LogP contribution in [0.4, 0.5) is 0 Å². The van der Waals surface area contributed by atoms with Crippen LogP contribution in [-0.2, 0) is 23.7 Å². The molecule has 1 atom stereocenters. The number of hydrogen-bond acceptors (Lipinski definition) is 4.